The number of carbonyl (C=O) groups excluding carboxylic acids is 1. The predicted molar refractivity (Wildman–Crippen MR) is 97.8 cm³/mol. The first-order valence-electron chi connectivity index (χ1n) is 8.48. The Morgan fingerprint density at radius 2 is 2.00 bits per heavy atom. The van der Waals surface area contributed by atoms with Gasteiger partial charge in [0.15, 0.2) is 6.10 Å². The molecule has 28 heavy (non-hydrogen) atoms. The summed E-state index contributed by atoms with van der Waals surface area (Å²) in [6.07, 6.45) is -0.719. The second-order valence-corrected chi connectivity index (χ2v) is 6.22. The number of carboxylic acid groups (broad SMARTS) is 1. The summed E-state index contributed by atoms with van der Waals surface area (Å²) in [6, 6.07) is 7.30. The fourth-order valence-corrected chi connectivity index (χ4v) is 3.09. The molecule has 0 fully saturated rings. The van der Waals surface area contributed by atoms with E-state index in [9.17, 15) is 24.8 Å². The van der Waals surface area contributed by atoms with Gasteiger partial charge in [-0.2, -0.15) is 5.26 Å². The van der Waals surface area contributed by atoms with Crippen LogP contribution in [0.2, 0.25) is 0 Å². The molecule has 0 saturated carbocycles. The van der Waals surface area contributed by atoms with Crippen molar-refractivity contribution in [1.82, 2.24) is 5.32 Å². The first kappa shape index (κ1) is 20.6. The average Bonchev–Trinajstić information content (AvgIpc) is 2.64. The van der Waals surface area contributed by atoms with E-state index in [4.69, 9.17) is 10.00 Å². The number of carboxylic acids is 1. The molecule has 9 heteroatoms. The van der Waals surface area contributed by atoms with Gasteiger partial charge in [0.2, 0.25) is 0 Å². The third-order valence-electron chi connectivity index (χ3n) is 4.39. The molecule has 0 amide bonds. The van der Waals surface area contributed by atoms with Gasteiger partial charge in [-0.3, -0.25) is 10.1 Å². The van der Waals surface area contributed by atoms with Crippen LogP contribution in [0, 0.1) is 21.4 Å². The molecule has 2 N–H and O–H groups in total. The van der Waals surface area contributed by atoms with Gasteiger partial charge in [0, 0.05) is 23.5 Å². The van der Waals surface area contributed by atoms with Crippen molar-refractivity contribution < 1.29 is 24.4 Å². The number of benzene rings is 1. The van der Waals surface area contributed by atoms with Crippen LogP contribution in [0.5, 0.6) is 0 Å². The third kappa shape index (κ3) is 4.01. The Hall–Kier alpha value is -3.67. The summed E-state index contributed by atoms with van der Waals surface area (Å²) in [5, 5.41) is 32.8. The minimum atomic E-state index is -1.27. The first-order valence-corrected chi connectivity index (χ1v) is 8.48. The maximum atomic E-state index is 12.8. The number of rotatable bonds is 6. The van der Waals surface area contributed by atoms with Crippen LogP contribution in [0.1, 0.15) is 38.7 Å². The van der Waals surface area contributed by atoms with Crippen LogP contribution in [0.4, 0.5) is 5.69 Å². The van der Waals surface area contributed by atoms with Crippen molar-refractivity contribution in [1.29, 1.82) is 5.26 Å². The Balaban J connectivity index is 2.64. The van der Waals surface area contributed by atoms with Gasteiger partial charge < -0.3 is 15.2 Å². The number of nitrogens with one attached hydrogen (secondary N) is 1. The maximum absolute atomic E-state index is 12.8. The molecule has 0 saturated heterocycles. The quantitative estimate of drug-likeness (QED) is 0.432. The van der Waals surface area contributed by atoms with E-state index in [1.165, 1.54) is 24.3 Å². The minimum absolute atomic E-state index is 0.00259. The van der Waals surface area contributed by atoms with Crippen LogP contribution in [-0.2, 0) is 14.3 Å². The Kier molecular flexibility index (Phi) is 6.15. The number of hydrogen-bond acceptors (Lipinski definition) is 7. The standard InChI is InChI=1S/C19H19N3O6/c1-4-14(9-20)28-19(25)16-11(3)21-10(2)15(18(23)24)17(16)12-6-5-7-13(8-12)22(26)27/h5-8,14,17,21H,4H2,1-3H3,(H,23,24). The fraction of sp³-hybridized carbons (Fsp3) is 0.316. The molecule has 2 rings (SSSR count). The molecule has 1 aromatic carbocycles. The SMILES string of the molecule is CCC(C#N)OC(=O)C1=C(C)NC(C)=C(C(=O)O)C1c1cccc([N+](=O)[O-])c1. The number of nitrogens with zero attached hydrogens (tertiary/aromatic N) is 2. The average molecular weight is 385 g/mol. The van der Waals surface area contributed by atoms with Gasteiger partial charge >= 0.3 is 11.9 Å². The fourth-order valence-electron chi connectivity index (χ4n) is 3.09. The molecular weight excluding hydrogens is 366 g/mol. The van der Waals surface area contributed by atoms with E-state index < -0.39 is 28.9 Å². The molecule has 9 nitrogen and oxygen atoms in total. The number of non-ortho nitro benzene ring substituents is 1. The minimum Gasteiger partial charge on any atom is -0.478 e. The lowest BCUT2D eigenvalue weighted by Gasteiger charge is -2.29. The lowest BCUT2D eigenvalue weighted by Crippen LogP contribution is -2.32. The number of aliphatic carboxylic acids is 1. The van der Waals surface area contributed by atoms with Crippen LogP contribution in [0.3, 0.4) is 0 Å². The zero-order chi connectivity index (χ0) is 21.0. The van der Waals surface area contributed by atoms with Gasteiger partial charge in [0.1, 0.15) is 6.07 Å². The molecule has 1 aromatic rings. The summed E-state index contributed by atoms with van der Waals surface area (Å²) in [4.78, 5) is 35.3. The van der Waals surface area contributed by atoms with Crippen molar-refractivity contribution in [3.05, 3.63) is 62.5 Å². The summed E-state index contributed by atoms with van der Waals surface area (Å²) in [6.45, 7) is 4.80. The van der Waals surface area contributed by atoms with Gasteiger partial charge in [-0.25, -0.2) is 9.59 Å². The molecule has 0 spiro atoms. The van der Waals surface area contributed by atoms with E-state index in [0.29, 0.717) is 11.4 Å². The lowest BCUT2D eigenvalue weighted by atomic mass is 9.80. The molecule has 0 aliphatic carbocycles. The van der Waals surface area contributed by atoms with Crippen LogP contribution in [0.25, 0.3) is 0 Å². The van der Waals surface area contributed by atoms with Crippen LogP contribution in [0.15, 0.2) is 46.8 Å². The van der Waals surface area contributed by atoms with Gasteiger partial charge in [-0.05, 0) is 25.8 Å². The molecule has 2 unspecified atom stereocenters. The van der Waals surface area contributed by atoms with Gasteiger partial charge in [-0.1, -0.05) is 19.1 Å². The Morgan fingerprint density at radius 1 is 1.36 bits per heavy atom. The number of nitro benzene ring substituents is 1. The largest absolute Gasteiger partial charge is 0.478 e. The summed E-state index contributed by atoms with van der Waals surface area (Å²) in [5.74, 6) is -3.20. The van der Waals surface area contributed by atoms with E-state index >= 15 is 0 Å². The Labute approximate surface area is 161 Å². The Morgan fingerprint density at radius 3 is 2.54 bits per heavy atom. The topological polar surface area (TPSA) is 143 Å². The highest BCUT2D eigenvalue weighted by molar-refractivity contribution is 5.99. The number of ether oxygens (including phenoxy) is 1. The molecular formula is C19H19N3O6. The van der Waals surface area contributed by atoms with Crippen LogP contribution >= 0.6 is 0 Å². The van der Waals surface area contributed by atoms with Gasteiger partial charge in [0.05, 0.1) is 22.0 Å². The smallest absolute Gasteiger partial charge is 0.338 e. The van der Waals surface area contributed by atoms with Crippen molar-refractivity contribution in [3.63, 3.8) is 0 Å². The maximum Gasteiger partial charge on any atom is 0.338 e. The van der Waals surface area contributed by atoms with Crippen LogP contribution < -0.4 is 5.32 Å². The number of allylic oxidation sites excluding steroid dienone is 2. The van der Waals surface area contributed by atoms with Crippen molar-refractivity contribution >= 4 is 17.6 Å². The van der Waals surface area contributed by atoms with Crippen molar-refractivity contribution in [2.75, 3.05) is 0 Å². The zero-order valence-electron chi connectivity index (χ0n) is 15.6. The highest BCUT2D eigenvalue weighted by atomic mass is 16.6. The third-order valence-corrected chi connectivity index (χ3v) is 4.39. The molecule has 1 aliphatic heterocycles. The predicted octanol–water partition coefficient (Wildman–Crippen LogP) is 2.76. The first-order chi connectivity index (χ1) is 13.2. The summed E-state index contributed by atoms with van der Waals surface area (Å²) >= 11 is 0. The zero-order valence-corrected chi connectivity index (χ0v) is 15.6. The van der Waals surface area contributed by atoms with Crippen molar-refractivity contribution in [2.24, 2.45) is 0 Å². The van der Waals surface area contributed by atoms with E-state index in [2.05, 4.69) is 5.32 Å². The summed E-state index contributed by atoms with van der Waals surface area (Å²) < 4.78 is 5.20. The summed E-state index contributed by atoms with van der Waals surface area (Å²) in [7, 11) is 0. The molecule has 0 radical (unpaired) electrons. The van der Waals surface area contributed by atoms with E-state index in [1.807, 2.05) is 6.07 Å². The van der Waals surface area contributed by atoms with Gasteiger partial charge in [0.25, 0.3) is 5.69 Å². The van der Waals surface area contributed by atoms with E-state index in [1.54, 1.807) is 20.8 Å². The molecule has 0 bridgehead atoms. The molecule has 146 valence electrons. The number of nitriles is 1. The number of hydrogen-bond donors (Lipinski definition) is 2. The van der Waals surface area contributed by atoms with Crippen molar-refractivity contribution in [2.45, 2.75) is 39.2 Å². The monoisotopic (exact) mass is 385 g/mol. The highest BCUT2D eigenvalue weighted by Crippen LogP contribution is 2.39. The second-order valence-electron chi connectivity index (χ2n) is 6.22. The number of esters is 1. The van der Waals surface area contributed by atoms with Crippen LogP contribution in [-0.4, -0.2) is 28.1 Å². The van der Waals surface area contributed by atoms with Crippen molar-refractivity contribution in [3.8, 4) is 6.07 Å². The van der Waals surface area contributed by atoms with E-state index in [0.717, 1.165) is 0 Å². The molecule has 1 aliphatic rings. The Bertz CT molecular complexity index is 941. The number of carbonyl (C=O) groups is 2. The molecule has 2 atom stereocenters. The molecule has 0 aromatic heterocycles. The second kappa shape index (κ2) is 8.35. The number of nitro groups is 1. The highest BCUT2D eigenvalue weighted by Gasteiger charge is 2.38. The lowest BCUT2D eigenvalue weighted by molar-refractivity contribution is -0.384. The van der Waals surface area contributed by atoms with E-state index in [-0.39, 0.29) is 28.8 Å². The number of dihydropyridines is 1. The van der Waals surface area contributed by atoms with Gasteiger partial charge in [-0.15, -0.1) is 0 Å². The normalized spacial score (nSPS) is 17.4. The molecule has 1 heterocycles. The summed E-state index contributed by atoms with van der Waals surface area (Å²) in [5.41, 5.74) is 0.582.